The summed E-state index contributed by atoms with van der Waals surface area (Å²) in [6, 6.07) is 6.81. The molecule has 2 heterocycles. The number of rotatable bonds is 8. The molecule has 2 fully saturated rings. The highest BCUT2D eigenvalue weighted by molar-refractivity contribution is 6.53. The summed E-state index contributed by atoms with van der Waals surface area (Å²) >= 11 is 0. The average Bonchev–Trinajstić information content (AvgIpc) is 3.02. The van der Waals surface area contributed by atoms with Gasteiger partial charge in [0.05, 0.1) is 17.9 Å². The second kappa shape index (κ2) is 9.92. The summed E-state index contributed by atoms with van der Waals surface area (Å²) in [4.78, 5) is 38.9. The Balaban J connectivity index is 1.59. The number of likely N-dealkylation sites (tertiary alicyclic amines) is 1. The van der Waals surface area contributed by atoms with Crippen LogP contribution in [0.15, 0.2) is 35.3 Å². The smallest absolute Gasteiger partial charge is 0.487 e. The van der Waals surface area contributed by atoms with Crippen LogP contribution in [-0.4, -0.2) is 51.6 Å². The molecule has 2 saturated heterocycles. The van der Waals surface area contributed by atoms with Crippen LogP contribution < -0.4 is 0 Å². The number of allylic oxidation sites excluding steroid dienone is 2. The number of unbranched alkanes of at least 4 members (excludes halogenated alkanes) is 2. The fourth-order valence-electron chi connectivity index (χ4n) is 5.87. The lowest BCUT2D eigenvalue weighted by Gasteiger charge is -2.43. The first-order valence-electron chi connectivity index (χ1n) is 12.1. The standard InChI is InChI=1S/C25H32BNO7/c1-14(2)16-12-18-22(25(32)27(24(18)31)11-7-3-4-10-21(29)30)17-13-20(34-26(33)23(16)17)15-8-5-6-9-19(15)28/h5-6,8-9,14,17-18,20,22,28,33H,3-4,7,10-13H2,1-2H3,(H,29,30)/t17-,18-,20-,22+/m0/s1. The highest BCUT2D eigenvalue weighted by Gasteiger charge is 2.57. The van der Waals surface area contributed by atoms with Crippen LogP contribution in [0.25, 0.3) is 0 Å². The highest BCUT2D eigenvalue weighted by Crippen LogP contribution is 2.53. The zero-order chi connectivity index (χ0) is 24.6. The van der Waals surface area contributed by atoms with Crippen LogP contribution in [0.2, 0.25) is 0 Å². The molecule has 4 rings (SSSR count). The molecule has 2 amide bonds. The lowest BCUT2D eigenvalue weighted by atomic mass is 9.54. The first kappa shape index (κ1) is 24.5. The first-order chi connectivity index (χ1) is 16.2. The molecule has 8 nitrogen and oxygen atoms in total. The van der Waals surface area contributed by atoms with E-state index in [0.29, 0.717) is 43.1 Å². The maximum Gasteiger partial charge on any atom is 0.487 e. The molecule has 1 aliphatic carbocycles. The van der Waals surface area contributed by atoms with E-state index in [9.17, 15) is 24.5 Å². The van der Waals surface area contributed by atoms with Crippen molar-refractivity contribution >= 4 is 24.9 Å². The minimum absolute atomic E-state index is 0.0698. The molecule has 0 spiro atoms. The minimum Gasteiger partial charge on any atom is -0.508 e. The Hall–Kier alpha value is -2.65. The summed E-state index contributed by atoms with van der Waals surface area (Å²) in [5, 5.41) is 30.2. The number of fused-ring (bicyclic) bond motifs is 3. The van der Waals surface area contributed by atoms with Gasteiger partial charge in [0.1, 0.15) is 5.75 Å². The van der Waals surface area contributed by atoms with Gasteiger partial charge in [-0.1, -0.05) is 44.0 Å². The van der Waals surface area contributed by atoms with Gasteiger partial charge in [-0.15, -0.1) is 0 Å². The second-order valence-electron chi connectivity index (χ2n) is 9.88. The molecule has 0 radical (unpaired) electrons. The summed E-state index contributed by atoms with van der Waals surface area (Å²) in [5.41, 5.74) is 2.24. The highest BCUT2D eigenvalue weighted by atomic mass is 16.5. The molecule has 0 bridgehead atoms. The lowest BCUT2D eigenvalue weighted by Crippen LogP contribution is -2.45. The number of para-hydroxylation sites is 1. The minimum atomic E-state index is -1.20. The number of carbonyl (C=O) groups excluding carboxylic acids is 2. The molecule has 1 aromatic rings. The number of aliphatic carboxylic acids is 1. The maximum atomic E-state index is 13.5. The molecule has 9 heteroatoms. The lowest BCUT2D eigenvalue weighted by molar-refractivity contribution is -0.141. The van der Waals surface area contributed by atoms with E-state index in [1.54, 1.807) is 24.3 Å². The van der Waals surface area contributed by atoms with Crippen molar-refractivity contribution in [3.05, 3.63) is 40.9 Å². The van der Waals surface area contributed by atoms with Gasteiger partial charge in [0.2, 0.25) is 11.8 Å². The largest absolute Gasteiger partial charge is 0.508 e. The first-order valence-corrected chi connectivity index (χ1v) is 12.1. The van der Waals surface area contributed by atoms with Gasteiger partial charge < -0.3 is 19.9 Å². The van der Waals surface area contributed by atoms with Crippen LogP contribution in [0.1, 0.15) is 64.0 Å². The molecule has 1 aromatic carbocycles. The Bertz CT molecular complexity index is 1010. The zero-order valence-electron chi connectivity index (χ0n) is 19.6. The van der Waals surface area contributed by atoms with Crippen LogP contribution >= 0.6 is 0 Å². The number of hydrogen-bond acceptors (Lipinski definition) is 6. The van der Waals surface area contributed by atoms with Crippen molar-refractivity contribution in [1.82, 2.24) is 4.90 Å². The van der Waals surface area contributed by atoms with Crippen LogP contribution in [0, 0.1) is 23.7 Å². The predicted octanol–water partition coefficient (Wildman–Crippen LogP) is 3.09. The summed E-state index contributed by atoms with van der Waals surface area (Å²) in [5.74, 6) is -2.46. The van der Waals surface area contributed by atoms with Gasteiger partial charge in [0, 0.05) is 18.5 Å². The van der Waals surface area contributed by atoms with Crippen LogP contribution in [0.4, 0.5) is 0 Å². The van der Waals surface area contributed by atoms with Gasteiger partial charge in [-0.3, -0.25) is 19.3 Å². The zero-order valence-corrected chi connectivity index (χ0v) is 19.6. The Kier molecular flexibility index (Phi) is 7.14. The average molecular weight is 469 g/mol. The summed E-state index contributed by atoms with van der Waals surface area (Å²) in [6.45, 7) is 4.32. The fourth-order valence-corrected chi connectivity index (χ4v) is 5.87. The number of amides is 2. The van der Waals surface area contributed by atoms with Crippen molar-refractivity contribution in [2.45, 2.75) is 58.5 Å². The van der Waals surface area contributed by atoms with E-state index in [0.717, 1.165) is 5.57 Å². The van der Waals surface area contributed by atoms with Gasteiger partial charge in [0.15, 0.2) is 0 Å². The van der Waals surface area contributed by atoms with E-state index in [4.69, 9.17) is 9.76 Å². The van der Waals surface area contributed by atoms with Crippen LogP contribution in [0.5, 0.6) is 5.75 Å². The van der Waals surface area contributed by atoms with Crippen molar-refractivity contribution in [2.75, 3.05) is 6.54 Å². The maximum absolute atomic E-state index is 13.5. The summed E-state index contributed by atoms with van der Waals surface area (Å²) in [6.07, 6.45) is 2.01. The van der Waals surface area contributed by atoms with Crippen molar-refractivity contribution in [1.29, 1.82) is 0 Å². The molecular formula is C25H32BNO7. The number of nitrogens with zero attached hydrogens (tertiary/aromatic N) is 1. The molecule has 0 aromatic heterocycles. The van der Waals surface area contributed by atoms with Crippen molar-refractivity contribution < 1.29 is 34.3 Å². The van der Waals surface area contributed by atoms with E-state index in [1.165, 1.54) is 4.90 Å². The predicted molar refractivity (Wildman–Crippen MR) is 124 cm³/mol. The topological polar surface area (TPSA) is 124 Å². The number of phenols is 1. The SMILES string of the molecule is CC(C)C1=C2B(O)O[C@H](c3ccccc3O)C[C@H]2[C@H]2C(=O)N(CCCCCC(=O)O)C(=O)[C@H]2C1. The van der Waals surface area contributed by atoms with E-state index >= 15 is 0 Å². The molecule has 34 heavy (non-hydrogen) atoms. The molecule has 3 N–H and O–H groups in total. The molecular weight excluding hydrogens is 437 g/mol. The van der Waals surface area contributed by atoms with Crippen molar-refractivity contribution in [2.24, 2.45) is 23.7 Å². The number of carbonyl (C=O) groups is 3. The Morgan fingerprint density at radius 1 is 1.15 bits per heavy atom. The number of aromatic hydroxyl groups is 1. The third-order valence-corrected chi connectivity index (χ3v) is 7.49. The van der Waals surface area contributed by atoms with E-state index < -0.39 is 31.0 Å². The van der Waals surface area contributed by atoms with Crippen molar-refractivity contribution in [3.63, 3.8) is 0 Å². The van der Waals surface area contributed by atoms with E-state index in [2.05, 4.69) is 0 Å². The number of hydrogen-bond donors (Lipinski definition) is 3. The quantitative estimate of drug-likeness (QED) is 0.304. The number of benzene rings is 1. The molecule has 2 aliphatic heterocycles. The van der Waals surface area contributed by atoms with Gasteiger partial charge >= 0.3 is 13.1 Å². The summed E-state index contributed by atoms with van der Waals surface area (Å²) < 4.78 is 5.93. The molecule has 4 atom stereocenters. The van der Waals surface area contributed by atoms with Gasteiger partial charge in [-0.25, -0.2) is 0 Å². The molecule has 0 saturated carbocycles. The molecule has 182 valence electrons. The van der Waals surface area contributed by atoms with Gasteiger partial charge in [-0.2, -0.15) is 0 Å². The Morgan fingerprint density at radius 3 is 2.56 bits per heavy atom. The number of phenolic OH excluding ortho intramolecular Hbond substituents is 1. The third-order valence-electron chi connectivity index (χ3n) is 7.49. The van der Waals surface area contributed by atoms with Gasteiger partial charge in [0.25, 0.3) is 0 Å². The normalized spacial score (nSPS) is 26.8. The fraction of sp³-hybridized carbons (Fsp3) is 0.560. The van der Waals surface area contributed by atoms with Gasteiger partial charge in [-0.05, 0) is 49.1 Å². The second-order valence-corrected chi connectivity index (χ2v) is 9.88. The molecule has 3 aliphatic rings. The number of carboxylic acid groups (broad SMARTS) is 1. The number of imide groups is 1. The van der Waals surface area contributed by atoms with Crippen molar-refractivity contribution in [3.8, 4) is 5.75 Å². The van der Waals surface area contributed by atoms with Crippen LogP contribution in [-0.2, 0) is 19.0 Å². The van der Waals surface area contributed by atoms with E-state index in [1.807, 2.05) is 13.8 Å². The summed E-state index contributed by atoms with van der Waals surface area (Å²) in [7, 11) is -1.20. The van der Waals surface area contributed by atoms with Crippen LogP contribution in [0.3, 0.4) is 0 Å². The van der Waals surface area contributed by atoms with E-state index in [-0.39, 0.29) is 42.4 Å². The number of carboxylic acids is 1. The molecule has 0 unspecified atom stereocenters. The Morgan fingerprint density at radius 2 is 1.88 bits per heavy atom. The monoisotopic (exact) mass is 469 g/mol. The Labute approximate surface area is 199 Å². The third kappa shape index (κ3) is 4.51.